The summed E-state index contributed by atoms with van der Waals surface area (Å²) in [4.78, 5) is 12.8. The Kier molecular flexibility index (Phi) is 16.5. The second kappa shape index (κ2) is 13.1. The van der Waals surface area contributed by atoms with Gasteiger partial charge in [0.15, 0.2) is 0 Å². The van der Waals surface area contributed by atoms with Gasteiger partial charge in [0.05, 0.1) is 0 Å². The van der Waals surface area contributed by atoms with Gasteiger partial charge in [0.2, 0.25) is 0 Å². The lowest BCUT2D eigenvalue weighted by Gasteiger charge is -2.11. The van der Waals surface area contributed by atoms with Crippen molar-refractivity contribution in [1.29, 1.82) is 0 Å². The molecule has 0 aromatic heterocycles. The standard InChI is InChI=1S/C6H13N.C6H12O.2C2H6/c1-6-3-4-7(2)5-6;1-5(7)6(2,3)4;2*1-2/h6H,3-5H2,1-2H3;1-4H3;2*1-2H3. The lowest BCUT2D eigenvalue weighted by atomic mass is 9.92. The molecule has 1 aliphatic rings. The molecule has 0 spiro atoms. The highest BCUT2D eigenvalue weighted by Gasteiger charge is 2.14. The van der Waals surface area contributed by atoms with Crippen molar-refractivity contribution in [3.63, 3.8) is 0 Å². The lowest BCUT2D eigenvalue weighted by Crippen LogP contribution is -2.15. The van der Waals surface area contributed by atoms with Gasteiger partial charge in [-0.2, -0.15) is 0 Å². The van der Waals surface area contributed by atoms with Crippen LogP contribution >= 0.6 is 0 Å². The summed E-state index contributed by atoms with van der Waals surface area (Å²) in [5.41, 5.74) is -0.139. The molecule has 1 saturated heterocycles. The molecule has 0 saturated carbocycles. The Morgan fingerprint density at radius 3 is 1.50 bits per heavy atom. The molecule has 0 aliphatic carbocycles. The van der Waals surface area contributed by atoms with Crippen LogP contribution in [0.4, 0.5) is 0 Å². The van der Waals surface area contributed by atoms with Gasteiger partial charge < -0.3 is 4.90 Å². The van der Waals surface area contributed by atoms with Gasteiger partial charge in [0, 0.05) is 12.0 Å². The first kappa shape index (κ1) is 22.8. The van der Waals surface area contributed by atoms with Crippen LogP contribution in [-0.4, -0.2) is 30.8 Å². The number of carbonyl (C=O) groups is 1. The monoisotopic (exact) mass is 259 g/mol. The quantitative estimate of drug-likeness (QED) is 0.632. The summed E-state index contributed by atoms with van der Waals surface area (Å²) in [6, 6.07) is 0. The van der Waals surface area contributed by atoms with Crippen molar-refractivity contribution >= 4 is 5.78 Å². The topological polar surface area (TPSA) is 20.3 Å². The molecular weight excluding hydrogens is 222 g/mol. The Morgan fingerprint density at radius 2 is 1.44 bits per heavy atom. The van der Waals surface area contributed by atoms with Crippen LogP contribution < -0.4 is 0 Å². The first-order valence-corrected chi connectivity index (χ1v) is 7.43. The number of Topliss-reactive ketones (excluding diaryl/α,β-unsaturated/α-hetero) is 1. The van der Waals surface area contributed by atoms with Gasteiger partial charge in [-0.05, 0) is 32.9 Å². The maximum Gasteiger partial charge on any atom is 0.135 e. The number of nitrogens with zero attached hydrogens (tertiary/aromatic N) is 1. The number of hydrogen-bond acceptors (Lipinski definition) is 2. The number of likely N-dealkylation sites (tertiary alicyclic amines) is 1. The molecule has 1 aliphatic heterocycles. The van der Waals surface area contributed by atoms with E-state index in [4.69, 9.17) is 0 Å². The van der Waals surface area contributed by atoms with E-state index in [1.165, 1.54) is 19.5 Å². The van der Waals surface area contributed by atoms with Crippen molar-refractivity contribution in [1.82, 2.24) is 4.90 Å². The Hall–Kier alpha value is -0.370. The van der Waals surface area contributed by atoms with Crippen LogP contribution in [0, 0.1) is 11.3 Å². The summed E-state index contributed by atoms with van der Waals surface area (Å²) in [6.07, 6.45) is 1.40. The molecule has 112 valence electrons. The molecule has 0 radical (unpaired) electrons. The Bertz CT molecular complexity index is 174. The van der Waals surface area contributed by atoms with Crippen LogP contribution in [0.3, 0.4) is 0 Å². The molecule has 0 bridgehead atoms. The van der Waals surface area contributed by atoms with E-state index in [0.29, 0.717) is 0 Å². The maximum absolute atomic E-state index is 10.5. The lowest BCUT2D eigenvalue weighted by molar-refractivity contribution is -0.124. The molecular formula is C16H37NO. The van der Waals surface area contributed by atoms with Gasteiger partial charge in [-0.1, -0.05) is 55.4 Å². The van der Waals surface area contributed by atoms with Crippen molar-refractivity contribution in [3.8, 4) is 0 Å². The molecule has 1 fully saturated rings. The zero-order valence-corrected chi connectivity index (χ0v) is 14.6. The fourth-order valence-corrected chi connectivity index (χ4v) is 1.16. The zero-order valence-electron chi connectivity index (χ0n) is 14.6. The average molecular weight is 259 g/mol. The molecule has 2 heteroatoms. The molecule has 1 rings (SSSR count). The van der Waals surface area contributed by atoms with Crippen LogP contribution in [-0.2, 0) is 4.79 Å². The van der Waals surface area contributed by atoms with Gasteiger partial charge in [0.1, 0.15) is 5.78 Å². The van der Waals surface area contributed by atoms with Crippen molar-refractivity contribution in [2.45, 2.75) is 68.7 Å². The Labute approximate surface area is 116 Å². The summed E-state index contributed by atoms with van der Waals surface area (Å²) >= 11 is 0. The van der Waals surface area contributed by atoms with E-state index in [2.05, 4.69) is 18.9 Å². The smallest absolute Gasteiger partial charge is 0.135 e. The largest absolute Gasteiger partial charge is 0.306 e. The van der Waals surface area contributed by atoms with Gasteiger partial charge >= 0.3 is 0 Å². The van der Waals surface area contributed by atoms with E-state index in [1.807, 2.05) is 48.5 Å². The van der Waals surface area contributed by atoms with Gasteiger partial charge in [-0.15, -0.1) is 0 Å². The molecule has 0 aromatic carbocycles. The molecule has 1 atom stereocenters. The summed E-state index contributed by atoms with van der Waals surface area (Å²) < 4.78 is 0. The van der Waals surface area contributed by atoms with Gasteiger partial charge in [-0.3, -0.25) is 4.79 Å². The van der Waals surface area contributed by atoms with Gasteiger partial charge in [0.25, 0.3) is 0 Å². The van der Waals surface area contributed by atoms with Crippen LogP contribution in [0.1, 0.15) is 68.7 Å². The molecule has 1 unspecified atom stereocenters. The van der Waals surface area contributed by atoms with Crippen LogP contribution in [0.25, 0.3) is 0 Å². The summed E-state index contributed by atoms with van der Waals surface area (Å²) in [5.74, 6) is 1.19. The highest BCUT2D eigenvalue weighted by molar-refractivity contribution is 5.80. The Balaban J connectivity index is -0.000000196. The molecule has 18 heavy (non-hydrogen) atoms. The predicted molar refractivity (Wildman–Crippen MR) is 84.1 cm³/mol. The third kappa shape index (κ3) is 15.6. The number of carbonyl (C=O) groups excluding carboxylic acids is 1. The van der Waals surface area contributed by atoms with E-state index < -0.39 is 0 Å². The summed E-state index contributed by atoms with van der Waals surface area (Å²) in [6.45, 7) is 20.3. The van der Waals surface area contributed by atoms with E-state index in [0.717, 1.165) is 5.92 Å². The number of rotatable bonds is 0. The minimum atomic E-state index is -0.139. The molecule has 0 N–H and O–H groups in total. The summed E-state index contributed by atoms with van der Waals surface area (Å²) in [5, 5.41) is 0. The highest BCUT2D eigenvalue weighted by atomic mass is 16.1. The van der Waals surface area contributed by atoms with E-state index in [1.54, 1.807) is 6.92 Å². The van der Waals surface area contributed by atoms with Crippen LogP contribution in [0.5, 0.6) is 0 Å². The van der Waals surface area contributed by atoms with E-state index in [9.17, 15) is 4.79 Å². The fourth-order valence-electron chi connectivity index (χ4n) is 1.16. The molecule has 1 heterocycles. The second-order valence-electron chi connectivity index (χ2n) is 5.46. The molecule has 2 nitrogen and oxygen atoms in total. The third-order valence-corrected chi connectivity index (χ3v) is 2.68. The van der Waals surface area contributed by atoms with Crippen molar-refractivity contribution < 1.29 is 4.79 Å². The minimum absolute atomic E-state index is 0.139. The molecule has 0 amide bonds. The van der Waals surface area contributed by atoms with Crippen molar-refractivity contribution in [3.05, 3.63) is 0 Å². The highest BCUT2D eigenvalue weighted by Crippen LogP contribution is 2.12. The van der Waals surface area contributed by atoms with Crippen LogP contribution in [0.2, 0.25) is 0 Å². The number of hydrogen-bond donors (Lipinski definition) is 0. The molecule has 0 aromatic rings. The predicted octanol–water partition coefficient (Wildman–Crippen LogP) is 4.63. The average Bonchev–Trinajstić information content (AvgIpc) is 2.67. The minimum Gasteiger partial charge on any atom is -0.306 e. The third-order valence-electron chi connectivity index (χ3n) is 2.68. The number of ketones is 1. The van der Waals surface area contributed by atoms with Crippen molar-refractivity contribution in [2.24, 2.45) is 11.3 Å². The maximum atomic E-state index is 10.5. The van der Waals surface area contributed by atoms with Crippen molar-refractivity contribution in [2.75, 3.05) is 20.1 Å². The Morgan fingerprint density at radius 1 is 1.11 bits per heavy atom. The zero-order chi connectivity index (χ0) is 15.4. The van der Waals surface area contributed by atoms with Gasteiger partial charge in [-0.25, -0.2) is 0 Å². The normalized spacial score (nSPS) is 18.4. The van der Waals surface area contributed by atoms with E-state index in [-0.39, 0.29) is 11.2 Å². The van der Waals surface area contributed by atoms with E-state index >= 15 is 0 Å². The fraction of sp³-hybridized carbons (Fsp3) is 0.938. The first-order chi connectivity index (χ1) is 8.23. The summed E-state index contributed by atoms with van der Waals surface area (Å²) in [7, 11) is 2.18. The second-order valence-corrected chi connectivity index (χ2v) is 5.46. The SMILES string of the molecule is CC.CC.CC(=O)C(C)(C)C.CC1CCN(C)C1. The van der Waals surface area contributed by atoms with Crippen LogP contribution in [0.15, 0.2) is 0 Å². The first-order valence-electron chi connectivity index (χ1n) is 7.43.